The van der Waals surface area contributed by atoms with Gasteiger partial charge in [-0.05, 0) is 84.3 Å². The first kappa shape index (κ1) is 34.9. The number of carbonyl (C=O) groups is 3. The fraction of sp³-hybridized carbons (Fsp3) is 0.100. The minimum Gasteiger partial charge on any atom is -0.493 e. The topological polar surface area (TPSA) is 119 Å². The summed E-state index contributed by atoms with van der Waals surface area (Å²) in [5.74, 6) is -0.206. The minimum absolute atomic E-state index is 0.0155. The molecule has 256 valence electrons. The second-order valence-corrected chi connectivity index (χ2v) is 13.6. The number of fused-ring (bicyclic) bond motifs is 1. The van der Waals surface area contributed by atoms with E-state index in [0.717, 1.165) is 26.2 Å². The van der Waals surface area contributed by atoms with Gasteiger partial charge in [0.05, 0.1) is 24.4 Å². The summed E-state index contributed by atoms with van der Waals surface area (Å²) in [4.78, 5) is 46.1. The molecule has 0 fully saturated rings. The largest absolute Gasteiger partial charge is 0.493 e. The molecular weight excluding hydrogens is 681 g/mol. The number of aromatic nitrogens is 1. The lowest BCUT2D eigenvalue weighted by atomic mass is 10.1. The number of thioether (sulfide) groups is 1. The fourth-order valence-electron chi connectivity index (χ4n) is 5.19. The van der Waals surface area contributed by atoms with Gasteiger partial charge in [-0.25, -0.2) is 4.98 Å². The Morgan fingerprint density at radius 3 is 2.27 bits per heavy atom. The highest BCUT2D eigenvalue weighted by molar-refractivity contribution is 8.00. The normalized spacial score (nSPS) is 11.8. The molecule has 1 atom stereocenters. The fourth-order valence-corrected chi connectivity index (χ4v) is 7.24. The van der Waals surface area contributed by atoms with Crippen LogP contribution in [0.2, 0.25) is 0 Å². The van der Waals surface area contributed by atoms with Crippen LogP contribution in [-0.2, 0) is 9.59 Å². The molecule has 1 unspecified atom stereocenters. The Hall–Kier alpha value is -5.91. The first-order chi connectivity index (χ1) is 24.8. The molecule has 0 saturated heterocycles. The third-order valence-corrected chi connectivity index (χ3v) is 9.89. The van der Waals surface area contributed by atoms with E-state index in [4.69, 9.17) is 9.47 Å². The number of aryl methyl sites for hydroxylation is 1. The van der Waals surface area contributed by atoms with E-state index in [1.807, 2.05) is 67.6 Å². The SMILES string of the molecule is COc1ccc(/C=C(/NC(=O)c2ccccc2)C(=O)Nc2cccc(SC(C(=O)Nc3nc4ccc(C)cc4s3)c3ccccc3)c2)cc1OC. The molecule has 0 spiro atoms. The average Bonchev–Trinajstić information content (AvgIpc) is 3.55. The Morgan fingerprint density at radius 1 is 0.784 bits per heavy atom. The highest BCUT2D eigenvalue weighted by Gasteiger charge is 2.24. The van der Waals surface area contributed by atoms with Gasteiger partial charge in [0.15, 0.2) is 16.6 Å². The lowest BCUT2D eigenvalue weighted by Crippen LogP contribution is -2.30. The molecule has 0 bridgehead atoms. The summed E-state index contributed by atoms with van der Waals surface area (Å²) in [6.45, 7) is 2.02. The molecule has 0 saturated carbocycles. The molecule has 6 aromatic rings. The van der Waals surface area contributed by atoms with Crippen molar-refractivity contribution in [3.63, 3.8) is 0 Å². The Bertz CT molecular complexity index is 2220. The van der Waals surface area contributed by atoms with Gasteiger partial charge in [-0.15, -0.1) is 11.8 Å². The Morgan fingerprint density at radius 2 is 1.53 bits per heavy atom. The summed E-state index contributed by atoms with van der Waals surface area (Å²) >= 11 is 2.78. The zero-order valence-corrected chi connectivity index (χ0v) is 29.6. The van der Waals surface area contributed by atoms with Crippen LogP contribution in [0, 0.1) is 6.92 Å². The highest BCUT2D eigenvalue weighted by atomic mass is 32.2. The maximum atomic E-state index is 13.8. The number of hydrogen-bond donors (Lipinski definition) is 3. The van der Waals surface area contributed by atoms with Gasteiger partial charge in [-0.2, -0.15) is 0 Å². The zero-order chi connectivity index (χ0) is 35.7. The number of amides is 3. The third kappa shape index (κ3) is 8.82. The van der Waals surface area contributed by atoms with Gasteiger partial charge in [0.25, 0.3) is 11.8 Å². The van der Waals surface area contributed by atoms with Gasteiger partial charge in [0.1, 0.15) is 10.9 Å². The number of nitrogens with one attached hydrogen (secondary N) is 3. The van der Waals surface area contributed by atoms with Gasteiger partial charge in [0, 0.05) is 16.1 Å². The first-order valence-electron chi connectivity index (χ1n) is 15.9. The number of ether oxygens (including phenoxy) is 2. The quantitative estimate of drug-likeness (QED) is 0.0860. The maximum absolute atomic E-state index is 13.8. The highest BCUT2D eigenvalue weighted by Crippen LogP contribution is 2.38. The van der Waals surface area contributed by atoms with Crippen molar-refractivity contribution in [1.82, 2.24) is 10.3 Å². The molecule has 0 aliphatic carbocycles. The lowest BCUT2D eigenvalue weighted by molar-refractivity contribution is -0.116. The Balaban J connectivity index is 1.24. The molecule has 9 nitrogen and oxygen atoms in total. The number of nitrogens with zero attached hydrogens (tertiary/aromatic N) is 1. The number of benzene rings is 5. The molecule has 6 rings (SSSR count). The number of hydrogen-bond acceptors (Lipinski definition) is 8. The van der Waals surface area contributed by atoms with E-state index in [1.54, 1.807) is 66.7 Å². The average molecular weight is 715 g/mol. The second-order valence-electron chi connectivity index (χ2n) is 11.4. The summed E-state index contributed by atoms with van der Waals surface area (Å²) in [6, 6.07) is 36.5. The molecule has 0 aliphatic heterocycles. The van der Waals surface area contributed by atoms with Gasteiger partial charge < -0.3 is 25.4 Å². The molecule has 3 amide bonds. The summed E-state index contributed by atoms with van der Waals surface area (Å²) < 4.78 is 11.8. The van der Waals surface area contributed by atoms with Crippen molar-refractivity contribution < 1.29 is 23.9 Å². The number of thiazole rings is 1. The summed E-state index contributed by atoms with van der Waals surface area (Å²) in [7, 11) is 3.06. The van der Waals surface area contributed by atoms with Crippen LogP contribution in [0.1, 0.15) is 32.3 Å². The second kappa shape index (κ2) is 16.2. The number of methoxy groups -OCH3 is 2. The molecule has 0 radical (unpaired) electrons. The number of rotatable bonds is 12. The molecule has 1 heterocycles. The molecule has 3 N–H and O–H groups in total. The number of carbonyl (C=O) groups excluding carboxylic acids is 3. The van der Waals surface area contributed by atoms with Crippen molar-refractivity contribution in [2.24, 2.45) is 0 Å². The molecule has 11 heteroatoms. The van der Waals surface area contributed by atoms with Gasteiger partial charge >= 0.3 is 0 Å². The van der Waals surface area contributed by atoms with E-state index < -0.39 is 17.1 Å². The smallest absolute Gasteiger partial charge is 0.272 e. The molecule has 51 heavy (non-hydrogen) atoms. The van der Waals surface area contributed by atoms with Crippen molar-refractivity contribution in [2.45, 2.75) is 17.1 Å². The lowest BCUT2D eigenvalue weighted by Gasteiger charge is -2.17. The predicted octanol–water partition coefficient (Wildman–Crippen LogP) is 8.50. The van der Waals surface area contributed by atoms with Crippen molar-refractivity contribution in [1.29, 1.82) is 0 Å². The molecular formula is C40H34N4O5S2. The van der Waals surface area contributed by atoms with E-state index in [-0.39, 0.29) is 11.6 Å². The maximum Gasteiger partial charge on any atom is 0.272 e. The first-order valence-corrected chi connectivity index (χ1v) is 17.6. The van der Waals surface area contributed by atoms with Crippen molar-refractivity contribution in [3.8, 4) is 11.5 Å². The van der Waals surface area contributed by atoms with Gasteiger partial charge in [0.2, 0.25) is 5.91 Å². The molecule has 1 aromatic heterocycles. The van der Waals surface area contributed by atoms with Crippen LogP contribution >= 0.6 is 23.1 Å². The summed E-state index contributed by atoms with van der Waals surface area (Å²) in [5.41, 5.74) is 4.26. The van der Waals surface area contributed by atoms with Gasteiger partial charge in [-0.3, -0.25) is 14.4 Å². The predicted molar refractivity (Wildman–Crippen MR) is 205 cm³/mol. The zero-order valence-electron chi connectivity index (χ0n) is 28.0. The monoisotopic (exact) mass is 714 g/mol. The van der Waals surface area contributed by atoms with E-state index in [9.17, 15) is 14.4 Å². The van der Waals surface area contributed by atoms with Gasteiger partial charge in [-0.1, -0.05) is 78.1 Å². The Kier molecular flexibility index (Phi) is 11.1. The molecule has 0 aliphatic rings. The van der Waals surface area contributed by atoms with E-state index in [2.05, 4.69) is 20.9 Å². The van der Waals surface area contributed by atoms with E-state index in [0.29, 0.717) is 33.4 Å². The summed E-state index contributed by atoms with van der Waals surface area (Å²) in [5, 5.41) is 8.60. The third-order valence-electron chi connectivity index (χ3n) is 7.71. The number of anilines is 2. The minimum atomic E-state index is -0.614. The van der Waals surface area contributed by atoms with Crippen LogP contribution in [0.15, 0.2) is 132 Å². The van der Waals surface area contributed by atoms with Crippen LogP contribution in [0.25, 0.3) is 16.3 Å². The summed E-state index contributed by atoms with van der Waals surface area (Å²) in [6.07, 6.45) is 1.57. The van der Waals surface area contributed by atoms with Crippen LogP contribution < -0.4 is 25.4 Å². The van der Waals surface area contributed by atoms with Crippen molar-refractivity contribution in [3.05, 3.63) is 149 Å². The van der Waals surface area contributed by atoms with Crippen molar-refractivity contribution in [2.75, 3.05) is 24.9 Å². The standard InChI is InChI=1S/C40H34N4O5S2/c1-25-17-19-31-35(21-25)51-40(43-31)44-39(47)36(27-11-6-4-7-12-27)50-30-16-10-15-29(24-30)41-38(46)32(42-37(45)28-13-8-5-9-14-28)22-26-18-20-33(48-2)34(23-26)49-3/h4-24,36H,1-3H3,(H,41,46)(H,42,45)(H,43,44,47)/b32-22+. The van der Waals surface area contributed by atoms with Crippen LogP contribution in [-0.4, -0.2) is 36.9 Å². The van der Waals surface area contributed by atoms with Crippen molar-refractivity contribution >= 4 is 67.9 Å². The van der Waals surface area contributed by atoms with Crippen LogP contribution in [0.3, 0.4) is 0 Å². The Labute approximate surface area is 303 Å². The van der Waals surface area contributed by atoms with Crippen LogP contribution in [0.4, 0.5) is 10.8 Å². The van der Waals surface area contributed by atoms with E-state index in [1.165, 1.54) is 37.3 Å². The van der Waals surface area contributed by atoms with Crippen LogP contribution in [0.5, 0.6) is 11.5 Å². The van der Waals surface area contributed by atoms with E-state index >= 15 is 0 Å². The molecule has 5 aromatic carbocycles.